The molecule has 3 nitrogen and oxygen atoms in total. The molecular weight excluding hydrogens is 248 g/mol. The Hall–Kier alpha value is -1.53. The highest BCUT2D eigenvalue weighted by Crippen LogP contribution is 2.34. The van der Waals surface area contributed by atoms with E-state index in [2.05, 4.69) is 6.07 Å². The van der Waals surface area contributed by atoms with Gasteiger partial charge in [0.15, 0.2) is 0 Å². The van der Waals surface area contributed by atoms with E-state index in [0.29, 0.717) is 10.6 Å². The number of hydrogen-bond acceptors (Lipinski definition) is 2. The lowest BCUT2D eigenvalue weighted by Gasteiger charge is -2.32. The molecule has 0 unspecified atom stereocenters. The third-order valence-electron chi connectivity index (χ3n) is 3.66. The van der Waals surface area contributed by atoms with Gasteiger partial charge in [0.25, 0.3) is 5.91 Å². The fraction of sp³-hybridized carbons (Fsp3) is 0.429. The third kappa shape index (κ3) is 2.21. The van der Waals surface area contributed by atoms with Crippen molar-refractivity contribution in [3.63, 3.8) is 0 Å². The molecule has 1 amide bonds. The van der Waals surface area contributed by atoms with Crippen molar-refractivity contribution in [1.29, 1.82) is 5.26 Å². The zero-order chi connectivity index (χ0) is 13.2. The van der Waals surface area contributed by atoms with Gasteiger partial charge in [0.05, 0.1) is 6.07 Å². The van der Waals surface area contributed by atoms with Crippen LogP contribution in [0.3, 0.4) is 0 Å². The standard InChI is InChI=1S/C14H15ClN2O/c1-17(14(10-16)7-2-3-8-14)13(18)11-5-4-6-12(15)9-11/h4-6,9H,2-3,7-8H2,1H3. The van der Waals surface area contributed by atoms with Crippen LogP contribution >= 0.6 is 11.6 Å². The molecule has 94 valence electrons. The predicted octanol–water partition coefficient (Wildman–Crippen LogP) is 3.25. The monoisotopic (exact) mass is 262 g/mol. The molecule has 0 heterocycles. The molecule has 0 atom stereocenters. The first kappa shape index (κ1) is 12.9. The number of benzene rings is 1. The maximum absolute atomic E-state index is 12.4. The molecule has 0 aliphatic heterocycles. The van der Waals surface area contributed by atoms with E-state index in [4.69, 9.17) is 11.6 Å². The number of hydrogen-bond donors (Lipinski definition) is 0. The average Bonchev–Trinajstić information content (AvgIpc) is 2.87. The van der Waals surface area contributed by atoms with Crippen molar-refractivity contribution >= 4 is 17.5 Å². The molecule has 0 spiro atoms. The maximum atomic E-state index is 12.4. The van der Waals surface area contributed by atoms with Crippen LogP contribution in [-0.2, 0) is 0 Å². The zero-order valence-corrected chi connectivity index (χ0v) is 11.1. The van der Waals surface area contributed by atoms with Crippen LogP contribution in [0.15, 0.2) is 24.3 Å². The first-order valence-corrected chi connectivity index (χ1v) is 6.42. The summed E-state index contributed by atoms with van der Waals surface area (Å²) >= 11 is 5.89. The van der Waals surface area contributed by atoms with Crippen LogP contribution in [0.5, 0.6) is 0 Å². The minimum absolute atomic E-state index is 0.138. The van der Waals surface area contributed by atoms with Gasteiger partial charge in [-0.2, -0.15) is 5.26 Å². The number of halogens is 1. The SMILES string of the molecule is CN(C(=O)c1cccc(Cl)c1)C1(C#N)CCCC1. The lowest BCUT2D eigenvalue weighted by atomic mass is 9.96. The van der Waals surface area contributed by atoms with Crippen molar-refractivity contribution in [3.05, 3.63) is 34.9 Å². The van der Waals surface area contributed by atoms with Crippen molar-refractivity contribution < 1.29 is 4.79 Å². The van der Waals surface area contributed by atoms with Gasteiger partial charge in [-0.15, -0.1) is 0 Å². The normalized spacial score (nSPS) is 17.2. The van der Waals surface area contributed by atoms with Crippen LogP contribution in [0.1, 0.15) is 36.0 Å². The fourth-order valence-corrected chi connectivity index (χ4v) is 2.68. The summed E-state index contributed by atoms with van der Waals surface area (Å²) in [7, 11) is 1.71. The topological polar surface area (TPSA) is 44.1 Å². The second-order valence-electron chi connectivity index (χ2n) is 4.73. The lowest BCUT2D eigenvalue weighted by molar-refractivity contribution is 0.0663. The third-order valence-corrected chi connectivity index (χ3v) is 3.89. The Morgan fingerprint density at radius 3 is 2.67 bits per heavy atom. The Balaban J connectivity index is 2.26. The van der Waals surface area contributed by atoms with Crippen LogP contribution < -0.4 is 0 Å². The zero-order valence-electron chi connectivity index (χ0n) is 10.3. The Morgan fingerprint density at radius 2 is 2.11 bits per heavy atom. The molecule has 1 aromatic rings. The molecular formula is C14H15ClN2O. The lowest BCUT2D eigenvalue weighted by Crippen LogP contribution is -2.46. The molecule has 18 heavy (non-hydrogen) atoms. The number of nitrogens with zero attached hydrogens (tertiary/aromatic N) is 2. The molecule has 1 aromatic carbocycles. The number of carbonyl (C=O) groups excluding carboxylic acids is 1. The quantitative estimate of drug-likeness (QED) is 0.821. The largest absolute Gasteiger partial charge is 0.323 e. The minimum Gasteiger partial charge on any atom is -0.323 e. The van der Waals surface area contributed by atoms with Crippen molar-refractivity contribution in [2.75, 3.05) is 7.05 Å². The Kier molecular flexibility index (Phi) is 3.58. The second-order valence-corrected chi connectivity index (χ2v) is 5.16. The Bertz CT molecular complexity index is 501. The average molecular weight is 263 g/mol. The first-order valence-electron chi connectivity index (χ1n) is 6.04. The van der Waals surface area contributed by atoms with Gasteiger partial charge >= 0.3 is 0 Å². The number of rotatable bonds is 2. The summed E-state index contributed by atoms with van der Waals surface area (Å²) < 4.78 is 0. The van der Waals surface area contributed by atoms with Crippen LogP contribution in [0.25, 0.3) is 0 Å². The van der Waals surface area contributed by atoms with Crippen molar-refractivity contribution in [2.45, 2.75) is 31.2 Å². The Morgan fingerprint density at radius 1 is 1.44 bits per heavy atom. The summed E-state index contributed by atoms with van der Waals surface area (Å²) in [6, 6.07) is 9.16. The molecule has 4 heteroatoms. The van der Waals surface area contributed by atoms with E-state index in [1.807, 2.05) is 0 Å². The van der Waals surface area contributed by atoms with Gasteiger partial charge in [0.1, 0.15) is 5.54 Å². The van der Waals surface area contributed by atoms with Gasteiger partial charge in [-0.05, 0) is 43.9 Å². The Labute approximate surface area is 112 Å². The molecule has 0 radical (unpaired) electrons. The van der Waals surface area contributed by atoms with Gasteiger partial charge in [0, 0.05) is 17.6 Å². The number of amides is 1. The first-order chi connectivity index (χ1) is 8.59. The van der Waals surface area contributed by atoms with E-state index in [-0.39, 0.29) is 5.91 Å². The summed E-state index contributed by atoms with van der Waals surface area (Å²) in [6.07, 6.45) is 3.51. The second kappa shape index (κ2) is 4.99. The molecule has 1 aliphatic carbocycles. The predicted molar refractivity (Wildman–Crippen MR) is 70.4 cm³/mol. The maximum Gasteiger partial charge on any atom is 0.254 e. The van der Waals surface area contributed by atoms with E-state index in [0.717, 1.165) is 25.7 Å². The number of nitriles is 1. The molecule has 0 aromatic heterocycles. The van der Waals surface area contributed by atoms with E-state index < -0.39 is 5.54 Å². The summed E-state index contributed by atoms with van der Waals surface area (Å²) in [5, 5.41) is 9.90. The molecule has 0 saturated heterocycles. The molecule has 1 fully saturated rings. The van der Waals surface area contributed by atoms with Crippen molar-refractivity contribution in [3.8, 4) is 6.07 Å². The molecule has 2 rings (SSSR count). The van der Waals surface area contributed by atoms with E-state index in [1.54, 1.807) is 36.2 Å². The van der Waals surface area contributed by atoms with Gasteiger partial charge < -0.3 is 4.90 Å². The molecule has 0 bridgehead atoms. The molecule has 1 saturated carbocycles. The molecule has 1 aliphatic rings. The van der Waals surface area contributed by atoms with Gasteiger partial charge in [-0.3, -0.25) is 4.79 Å². The van der Waals surface area contributed by atoms with Crippen molar-refractivity contribution in [1.82, 2.24) is 4.90 Å². The summed E-state index contributed by atoms with van der Waals surface area (Å²) in [6.45, 7) is 0. The van der Waals surface area contributed by atoms with Crippen LogP contribution in [0.2, 0.25) is 5.02 Å². The van der Waals surface area contributed by atoms with Gasteiger partial charge in [-0.25, -0.2) is 0 Å². The smallest absolute Gasteiger partial charge is 0.254 e. The molecule has 0 N–H and O–H groups in total. The van der Waals surface area contributed by atoms with Gasteiger partial charge in [0.2, 0.25) is 0 Å². The van der Waals surface area contributed by atoms with E-state index in [1.165, 1.54) is 0 Å². The highest BCUT2D eigenvalue weighted by molar-refractivity contribution is 6.30. The van der Waals surface area contributed by atoms with E-state index in [9.17, 15) is 10.1 Å². The van der Waals surface area contributed by atoms with Gasteiger partial charge in [-0.1, -0.05) is 17.7 Å². The summed E-state index contributed by atoms with van der Waals surface area (Å²) in [5.74, 6) is -0.138. The summed E-state index contributed by atoms with van der Waals surface area (Å²) in [4.78, 5) is 13.9. The van der Waals surface area contributed by atoms with Crippen LogP contribution in [0, 0.1) is 11.3 Å². The summed E-state index contributed by atoms with van der Waals surface area (Å²) in [5.41, 5.74) is -0.106. The highest BCUT2D eigenvalue weighted by Gasteiger charge is 2.40. The van der Waals surface area contributed by atoms with Crippen LogP contribution in [0.4, 0.5) is 0 Å². The van der Waals surface area contributed by atoms with E-state index >= 15 is 0 Å². The fourth-order valence-electron chi connectivity index (χ4n) is 2.49. The van der Waals surface area contributed by atoms with Crippen molar-refractivity contribution in [2.24, 2.45) is 0 Å². The minimum atomic E-state index is -0.639. The number of carbonyl (C=O) groups is 1. The highest BCUT2D eigenvalue weighted by atomic mass is 35.5. The van der Waals surface area contributed by atoms with Crippen LogP contribution in [-0.4, -0.2) is 23.4 Å².